The van der Waals surface area contributed by atoms with Gasteiger partial charge in [-0.05, 0) is 31.2 Å². The summed E-state index contributed by atoms with van der Waals surface area (Å²) in [4.78, 5) is 4.46. The Morgan fingerprint density at radius 1 is 1.44 bits per heavy atom. The molecule has 2 heterocycles. The summed E-state index contributed by atoms with van der Waals surface area (Å²) < 4.78 is 1.89. The van der Waals surface area contributed by atoms with Gasteiger partial charge in [0.1, 0.15) is 10.1 Å². The van der Waals surface area contributed by atoms with Gasteiger partial charge in [-0.2, -0.15) is 5.10 Å². The molecule has 0 saturated heterocycles. The van der Waals surface area contributed by atoms with Gasteiger partial charge in [-0.1, -0.05) is 24.8 Å². The van der Waals surface area contributed by atoms with E-state index in [-0.39, 0.29) is 0 Å². The van der Waals surface area contributed by atoms with Gasteiger partial charge in [-0.3, -0.25) is 4.68 Å². The Bertz CT molecular complexity index is 521. The van der Waals surface area contributed by atoms with Crippen LogP contribution in [-0.2, 0) is 13.6 Å². The van der Waals surface area contributed by atoms with Gasteiger partial charge in [0.05, 0.1) is 5.69 Å². The lowest BCUT2D eigenvalue weighted by Gasteiger charge is -2.08. The molecule has 0 aliphatic carbocycles. The predicted molar refractivity (Wildman–Crippen MR) is 73.7 cm³/mol. The van der Waals surface area contributed by atoms with E-state index in [9.17, 15) is 0 Å². The highest BCUT2D eigenvalue weighted by atomic mass is 32.2. The van der Waals surface area contributed by atoms with Crippen molar-refractivity contribution in [3.8, 4) is 0 Å². The first-order valence-corrected chi connectivity index (χ1v) is 6.85. The van der Waals surface area contributed by atoms with E-state index in [2.05, 4.69) is 34.5 Å². The van der Waals surface area contributed by atoms with Gasteiger partial charge in [-0.15, -0.1) is 0 Å². The average molecular weight is 262 g/mol. The highest BCUT2D eigenvalue weighted by molar-refractivity contribution is 7.99. The molecule has 0 amide bonds. The molecule has 2 aromatic rings. The Kier molecular flexibility index (Phi) is 4.38. The molecule has 2 aromatic heterocycles. The molecule has 0 spiro atoms. The van der Waals surface area contributed by atoms with Gasteiger partial charge in [0.2, 0.25) is 0 Å². The molecule has 0 unspecified atom stereocenters. The number of pyridine rings is 1. The summed E-state index contributed by atoms with van der Waals surface area (Å²) in [6, 6.07) is 6.17. The van der Waals surface area contributed by atoms with Crippen LogP contribution in [0.1, 0.15) is 18.2 Å². The van der Waals surface area contributed by atoms with Crippen molar-refractivity contribution in [2.24, 2.45) is 7.05 Å². The lowest BCUT2D eigenvalue weighted by molar-refractivity contribution is 0.689. The van der Waals surface area contributed by atoms with Crippen LogP contribution in [0, 0.1) is 6.92 Å². The molecule has 0 fully saturated rings. The second-order valence-corrected chi connectivity index (χ2v) is 5.11. The van der Waals surface area contributed by atoms with Crippen LogP contribution in [0.25, 0.3) is 0 Å². The molecular weight excluding hydrogens is 244 g/mol. The van der Waals surface area contributed by atoms with Gasteiger partial charge in [0.25, 0.3) is 0 Å². The van der Waals surface area contributed by atoms with Crippen molar-refractivity contribution < 1.29 is 0 Å². The lowest BCUT2D eigenvalue weighted by Crippen LogP contribution is -2.12. The summed E-state index contributed by atoms with van der Waals surface area (Å²) in [5.74, 6) is 0. The third-order valence-electron chi connectivity index (χ3n) is 2.58. The molecule has 0 aliphatic rings. The highest BCUT2D eigenvalue weighted by Crippen LogP contribution is 2.28. The predicted octanol–water partition coefficient (Wildman–Crippen LogP) is 2.38. The number of nitrogens with one attached hydrogen (secondary N) is 1. The van der Waals surface area contributed by atoms with Gasteiger partial charge in [0, 0.05) is 19.8 Å². The summed E-state index contributed by atoms with van der Waals surface area (Å²) >= 11 is 1.66. The third kappa shape index (κ3) is 3.11. The molecule has 0 radical (unpaired) electrons. The molecule has 0 atom stereocenters. The minimum atomic E-state index is 0.851. The number of aromatic nitrogens is 3. The number of nitrogens with zero attached hydrogens (tertiary/aromatic N) is 3. The van der Waals surface area contributed by atoms with E-state index in [1.165, 1.54) is 5.56 Å². The van der Waals surface area contributed by atoms with Crippen LogP contribution < -0.4 is 5.32 Å². The zero-order valence-electron chi connectivity index (χ0n) is 11.0. The molecule has 18 heavy (non-hydrogen) atoms. The second-order valence-electron chi connectivity index (χ2n) is 4.10. The fraction of sp³-hybridized carbons (Fsp3) is 0.385. The first-order chi connectivity index (χ1) is 8.70. The van der Waals surface area contributed by atoms with Gasteiger partial charge in [0.15, 0.2) is 0 Å². The molecule has 4 nitrogen and oxygen atoms in total. The molecule has 0 saturated carbocycles. The van der Waals surface area contributed by atoms with Crippen LogP contribution >= 0.6 is 11.8 Å². The van der Waals surface area contributed by atoms with E-state index in [4.69, 9.17) is 0 Å². The number of hydrogen-bond acceptors (Lipinski definition) is 4. The molecule has 0 aliphatic heterocycles. The van der Waals surface area contributed by atoms with Crippen molar-refractivity contribution in [1.82, 2.24) is 20.1 Å². The van der Waals surface area contributed by atoms with Crippen molar-refractivity contribution in [3.05, 3.63) is 35.7 Å². The lowest BCUT2D eigenvalue weighted by atomic mass is 10.3. The van der Waals surface area contributed by atoms with Crippen LogP contribution in [0.4, 0.5) is 0 Å². The third-order valence-corrected chi connectivity index (χ3v) is 3.73. The Balaban J connectivity index is 2.20. The van der Waals surface area contributed by atoms with E-state index in [1.807, 2.05) is 30.9 Å². The van der Waals surface area contributed by atoms with Crippen molar-refractivity contribution in [2.75, 3.05) is 6.54 Å². The molecule has 5 heteroatoms. The normalized spacial score (nSPS) is 10.8. The fourth-order valence-electron chi connectivity index (χ4n) is 1.69. The smallest absolute Gasteiger partial charge is 0.107 e. The maximum Gasteiger partial charge on any atom is 0.107 e. The Morgan fingerprint density at radius 2 is 2.28 bits per heavy atom. The van der Waals surface area contributed by atoms with Crippen molar-refractivity contribution in [2.45, 2.75) is 30.4 Å². The van der Waals surface area contributed by atoms with Crippen molar-refractivity contribution in [1.29, 1.82) is 0 Å². The van der Waals surface area contributed by atoms with Crippen LogP contribution in [0.3, 0.4) is 0 Å². The SMILES string of the molecule is CCNCc1cccnc1Sc1cc(C)nn1C. The van der Waals surface area contributed by atoms with E-state index >= 15 is 0 Å². The molecule has 1 N–H and O–H groups in total. The van der Waals surface area contributed by atoms with E-state index in [0.29, 0.717) is 0 Å². The molecule has 0 bridgehead atoms. The molecule has 2 rings (SSSR count). The zero-order chi connectivity index (χ0) is 13.0. The molecular formula is C13H18N4S. The summed E-state index contributed by atoms with van der Waals surface area (Å²) in [6.07, 6.45) is 1.83. The van der Waals surface area contributed by atoms with Crippen molar-refractivity contribution >= 4 is 11.8 Å². The molecule has 96 valence electrons. The largest absolute Gasteiger partial charge is 0.313 e. The first-order valence-electron chi connectivity index (χ1n) is 6.03. The minimum absolute atomic E-state index is 0.851. The summed E-state index contributed by atoms with van der Waals surface area (Å²) in [7, 11) is 1.96. The van der Waals surface area contributed by atoms with Crippen molar-refractivity contribution in [3.63, 3.8) is 0 Å². The van der Waals surface area contributed by atoms with Gasteiger partial charge in [-0.25, -0.2) is 4.98 Å². The first kappa shape index (κ1) is 13.1. The van der Waals surface area contributed by atoms with E-state index < -0.39 is 0 Å². The zero-order valence-corrected chi connectivity index (χ0v) is 11.8. The average Bonchev–Trinajstić information content (AvgIpc) is 2.67. The monoisotopic (exact) mass is 262 g/mol. The maximum absolute atomic E-state index is 4.46. The second kappa shape index (κ2) is 6.02. The van der Waals surface area contributed by atoms with Gasteiger partial charge < -0.3 is 5.32 Å². The van der Waals surface area contributed by atoms with Gasteiger partial charge >= 0.3 is 0 Å². The quantitative estimate of drug-likeness (QED) is 0.898. The Labute approximate surface area is 112 Å². The summed E-state index contributed by atoms with van der Waals surface area (Å²) in [5.41, 5.74) is 2.26. The standard InChI is InChI=1S/C13H18N4S/c1-4-14-9-11-6-5-7-15-13(11)18-12-8-10(2)16-17(12)3/h5-8,14H,4,9H2,1-3H3. The summed E-state index contributed by atoms with van der Waals surface area (Å²) in [5, 5.41) is 9.84. The number of aryl methyl sites for hydroxylation is 2. The van der Waals surface area contributed by atoms with E-state index in [1.54, 1.807) is 11.8 Å². The van der Waals surface area contributed by atoms with Crippen LogP contribution in [0.2, 0.25) is 0 Å². The fourth-order valence-corrected chi connectivity index (χ4v) is 2.68. The molecule has 0 aromatic carbocycles. The van der Waals surface area contributed by atoms with Crippen LogP contribution in [-0.4, -0.2) is 21.3 Å². The van der Waals surface area contributed by atoms with Crippen LogP contribution in [0.5, 0.6) is 0 Å². The maximum atomic E-state index is 4.46. The Morgan fingerprint density at radius 3 is 2.94 bits per heavy atom. The minimum Gasteiger partial charge on any atom is -0.313 e. The number of hydrogen-bond donors (Lipinski definition) is 1. The van der Waals surface area contributed by atoms with Crippen LogP contribution in [0.15, 0.2) is 34.4 Å². The van der Waals surface area contributed by atoms with E-state index in [0.717, 1.165) is 28.8 Å². The number of rotatable bonds is 5. The highest BCUT2D eigenvalue weighted by Gasteiger charge is 2.09. The summed E-state index contributed by atoms with van der Waals surface area (Å²) in [6.45, 7) is 5.92. The topological polar surface area (TPSA) is 42.7 Å². The Hall–Kier alpha value is -1.33.